The second-order valence-corrected chi connectivity index (χ2v) is 5.21. The Morgan fingerprint density at radius 3 is 2.79 bits per heavy atom. The van der Waals surface area contributed by atoms with Gasteiger partial charge in [-0.3, -0.25) is 20.2 Å². The van der Waals surface area contributed by atoms with Crippen LogP contribution in [0.3, 0.4) is 0 Å². The number of hydrogen-bond donors (Lipinski definition) is 1. The predicted octanol–water partition coefficient (Wildman–Crippen LogP) is 2.49. The molecule has 24 heavy (non-hydrogen) atoms. The average Bonchev–Trinajstić information content (AvgIpc) is 3.02. The van der Waals surface area contributed by atoms with E-state index in [0.29, 0.717) is 5.75 Å². The summed E-state index contributed by atoms with van der Waals surface area (Å²) in [4.78, 5) is 38.1. The molecule has 2 rings (SSSR count). The molecule has 0 bridgehead atoms. The molecule has 0 aliphatic carbocycles. The van der Waals surface area contributed by atoms with Crippen molar-refractivity contribution in [1.82, 2.24) is 4.98 Å². The Morgan fingerprint density at radius 2 is 2.17 bits per heavy atom. The summed E-state index contributed by atoms with van der Waals surface area (Å²) in [5.41, 5.74) is -0.486. The molecule has 1 aromatic carbocycles. The molecule has 1 amide bonds. The van der Waals surface area contributed by atoms with Gasteiger partial charge in [0.15, 0.2) is 10.8 Å². The van der Waals surface area contributed by atoms with Crippen LogP contribution in [0.25, 0.3) is 0 Å². The lowest BCUT2D eigenvalue weighted by Gasteiger charge is -2.05. The van der Waals surface area contributed by atoms with Crippen LogP contribution >= 0.6 is 11.3 Å². The Hall–Kier alpha value is -3.01. The third kappa shape index (κ3) is 3.84. The average molecular weight is 351 g/mol. The number of rotatable bonds is 6. The zero-order chi connectivity index (χ0) is 17.7. The van der Waals surface area contributed by atoms with Crippen LogP contribution < -0.4 is 10.1 Å². The van der Waals surface area contributed by atoms with Crippen molar-refractivity contribution in [1.29, 1.82) is 0 Å². The van der Waals surface area contributed by atoms with Gasteiger partial charge in [-0.05, 0) is 19.1 Å². The van der Waals surface area contributed by atoms with Crippen LogP contribution in [0.1, 0.15) is 27.8 Å². The van der Waals surface area contributed by atoms with Gasteiger partial charge in [-0.1, -0.05) is 0 Å². The molecule has 1 aromatic heterocycles. The van der Waals surface area contributed by atoms with Crippen molar-refractivity contribution in [2.45, 2.75) is 6.92 Å². The maximum absolute atomic E-state index is 12.3. The standard InChI is InChI=1S/C14H13N3O6S/c1-3-23-13(19)10-7-24-14(15-10)16-12(18)9-6-8(22-2)4-5-11(9)17(20)21/h4-7H,3H2,1-2H3,(H,15,16,18). The van der Waals surface area contributed by atoms with E-state index in [1.165, 1.54) is 30.7 Å². The number of aromatic nitrogens is 1. The number of esters is 1. The predicted molar refractivity (Wildman–Crippen MR) is 85.7 cm³/mol. The Labute approximate surface area is 140 Å². The van der Waals surface area contributed by atoms with E-state index >= 15 is 0 Å². The number of methoxy groups -OCH3 is 1. The number of ether oxygens (including phenoxy) is 2. The van der Waals surface area contributed by atoms with Crippen molar-refractivity contribution in [3.63, 3.8) is 0 Å². The second kappa shape index (κ2) is 7.51. The fourth-order valence-electron chi connectivity index (χ4n) is 1.78. The molecule has 0 radical (unpaired) electrons. The highest BCUT2D eigenvalue weighted by Crippen LogP contribution is 2.25. The number of carbonyl (C=O) groups excluding carboxylic acids is 2. The number of nitrogens with one attached hydrogen (secondary N) is 1. The highest BCUT2D eigenvalue weighted by atomic mass is 32.1. The molecule has 0 saturated heterocycles. The number of thiazole rings is 1. The van der Waals surface area contributed by atoms with Gasteiger partial charge in [0, 0.05) is 11.4 Å². The van der Waals surface area contributed by atoms with E-state index in [2.05, 4.69) is 10.3 Å². The second-order valence-electron chi connectivity index (χ2n) is 4.35. The lowest BCUT2D eigenvalue weighted by molar-refractivity contribution is -0.385. The molecule has 0 unspecified atom stereocenters. The minimum Gasteiger partial charge on any atom is -0.497 e. The van der Waals surface area contributed by atoms with E-state index in [1.807, 2.05) is 0 Å². The molecule has 1 heterocycles. The number of benzene rings is 1. The molecule has 126 valence electrons. The van der Waals surface area contributed by atoms with E-state index in [9.17, 15) is 19.7 Å². The van der Waals surface area contributed by atoms with Gasteiger partial charge in [0.25, 0.3) is 11.6 Å². The van der Waals surface area contributed by atoms with Crippen LogP contribution in [-0.4, -0.2) is 35.5 Å². The third-order valence-corrected chi connectivity index (χ3v) is 3.61. The van der Waals surface area contributed by atoms with Crippen molar-refractivity contribution >= 4 is 34.0 Å². The van der Waals surface area contributed by atoms with E-state index < -0.39 is 16.8 Å². The summed E-state index contributed by atoms with van der Waals surface area (Å²) < 4.78 is 9.77. The number of nitro benzene ring substituents is 1. The summed E-state index contributed by atoms with van der Waals surface area (Å²) in [7, 11) is 1.38. The van der Waals surface area contributed by atoms with Crippen molar-refractivity contribution < 1.29 is 24.0 Å². The fraction of sp³-hybridized carbons (Fsp3) is 0.214. The molecule has 0 atom stereocenters. The first kappa shape index (κ1) is 17.3. The zero-order valence-corrected chi connectivity index (χ0v) is 13.6. The lowest BCUT2D eigenvalue weighted by Crippen LogP contribution is -2.14. The lowest BCUT2D eigenvalue weighted by atomic mass is 10.1. The van der Waals surface area contributed by atoms with Gasteiger partial charge >= 0.3 is 5.97 Å². The zero-order valence-electron chi connectivity index (χ0n) is 12.8. The van der Waals surface area contributed by atoms with Crippen molar-refractivity contribution in [3.8, 4) is 5.75 Å². The molecule has 0 saturated carbocycles. The summed E-state index contributed by atoms with van der Waals surface area (Å²) in [5.74, 6) is -1.04. The van der Waals surface area contributed by atoms with Crippen LogP contribution in [0.15, 0.2) is 23.6 Å². The molecule has 0 aliphatic rings. The van der Waals surface area contributed by atoms with Gasteiger partial charge in [-0.15, -0.1) is 11.3 Å². The summed E-state index contributed by atoms with van der Waals surface area (Å²) in [6, 6.07) is 3.82. The van der Waals surface area contributed by atoms with E-state index in [-0.39, 0.29) is 28.7 Å². The Morgan fingerprint density at radius 1 is 1.42 bits per heavy atom. The first-order valence-corrected chi connectivity index (χ1v) is 7.60. The molecule has 2 aromatic rings. The normalized spacial score (nSPS) is 10.1. The molecule has 1 N–H and O–H groups in total. The SMILES string of the molecule is CCOC(=O)c1csc(NC(=O)c2cc(OC)ccc2[N+](=O)[O-])n1. The topological polar surface area (TPSA) is 121 Å². The number of hydrogen-bond acceptors (Lipinski definition) is 8. The summed E-state index contributed by atoms with van der Waals surface area (Å²) in [6.45, 7) is 1.86. The van der Waals surface area contributed by atoms with Crippen molar-refractivity contribution in [2.24, 2.45) is 0 Å². The third-order valence-electron chi connectivity index (χ3n) is 2.85. The first-order chi connectivity index (χ1) is 11.5. The number of nitrogens with zero attached hydrogens (tertiary/aromatic N) is 2. The molecular weight excluding hydrogens is 338 g/mol. The maximum atomic E-state index is 12.3. The van der Waals surface area contributed by atoms with Crippen molar-refractivity contribution in [2.75, 3.05) is 19.0 Å². The highest BCUT2D eigenvalue weighted by molar-refractivity contribution is 7.14. The van der Waals surface area contributed by atoms with Crippen molar-refractivity contribution in [3.05, 3.63) is 45.0 Å². The van der Waals surface area contributed by atoms with Gasteiger partial charge < -0.3 is 9.47 Å². The Balaban J connectivity index is 2.24. The van der Waals surface area contributed by atoms with Crippen LogP contribution in [0, 0.1) is 10.1 Å². The molecule has 10 heteroatoms. The van der Waals surface area contributed by atoms with Crippen LogP contribution in [0.4, 0.5) is 10.8 Å². The highest BCUT2D eigenvalue weighted by Gasteiger charge is 2.22. The molecule has 0 spiro atoms. The van der Waals surface area contributed by atoms with Gasteiger partial charge in [-0.2, -0.15) is 0 Å². The minimum absolute atomic E-state index is 0.0530. The van der Waals surface area contributed by atoms with Gasteiger partial charge in [0.05, 0.1) is 18.6 Å². The Kier molecular flexibility index (Phi) is 5.42. The summed E-state index contributed by atoms with van der Waals surface area (Å²) >= 11 is 1.01. The molecular formula is C14H13N3O6S. The summed E-state index contributed by atoms with van der Waals surface area (Å²) in [5, 5.41) is 15.0. The smallest absolute Gasteiger partial charge is 0.357 e. The van der Waals surface area contributed by atoms with E-state index in [4.69, 9.17) is 9.47 Å². The van der Waals surface area contributed by atoms with E-state index in [1.54, 1.807) is 6.92 Å². The molecule has 0 aliphatic heterocycles. The minimum atomic E-state index is -0.731. The van der Waals surface area contributed by atoms with Crippen LogP contribution in [-0.2, 0) is 4.74 Å². The largest absolute Gasteiger partial charge is 0.497 e. The van der Waals surface area contributed by atoms with Crippen LogP contribution in [0.2, 0.25) is 0 Å². The summed E-state index contributed by atoms with van der Waals surface area (Å²) in [6.07, 6.45) is 0. The van der Waals surface area contributed by atoms with Gasteiger partial charge in [-0.25, -0.2) is 9.78 Å². The molecule has 9 nitrogen and oxygen atoms in total. The van der Waals surface area contributed by atoms with Gasteiger partial charge in [0.2, 0.25) is 0 Å². The molecule has 0 fully saturated rings. The number of carbonyl (C=O) groups is 2. The van der Waals surface area contributed by atoms with Crippen LogP contribution in [0.5, 0.6) is 5.75 Å². The monoisotopic (exact) mass is 351 g/mol. The number of anilines is 1. The quantitative estimate of drug-likeness (QED) is 0.482. The van der Waals surface area contributed by atoms with Gasteiger partial charge in [0.1, 0.15) is 11.3 Å². The fourth-order valence-corrected chi connectivity index (χ4v) is 2.45. The maximum Gasteiger partial charge on any atom is 0.357 e. The van der Waals surface area contributed by atoms with E-state index in [0.717, 1.165) is 11.3 Å². The Bertz CT molecular complexity index is 789. The number of amides is 1. The number of nitro groups is 1. The first-order valence-electron chi connectivity index (χ1n) is 6.72.